The van der Waals surface area contributed by atoms with E-state index in [-0.39, 0.29) is 0 Å². The molecule has 2 unspecified atom stereocenters. The van der Waals surface area contributed by atoms with E-state index in [1.54, 1.807) is 7.11 Å². The van der Waals surface area contributed by atoms with Crippen LogP contribution in [0, 0.1) is 18.8 Å². The van der Waals surface area contributed by atoms with Crippen molar-refractivity contribution >= 4 is 0 Å². The number of hydrogen-bond donors (Lipinski definition) is 1. The van der Waals surface area contributed by atoms with Gasteiger partial charge in [0, 0.05) is 0 Å². The summed E-state index contributed by atoms with van der Waals surface area (Å²) in [7, 11) is 1.60. The first-order valence-electron chi connectivity index (χ1n) is 6.94. The lowest BCUT2D eigenvalue weighted by Gasteiger charge is -2.30. The lowest BCUT2D eigenvalue weighted by Crippen LogP contribution is -2.31. The molecule has 1 saturated carbocycles. The molecule has 0 bridgehead atoms. The Hall–Kier alpha value is -1.36. The van der Waals surface area contributed by atoms with Gasteiger partial charge in [0.15, 0.2) is 0 Å². The van der Waals surface area contributed by atoms with Crippen molar-refractivity contribution in [3.05, 3.63) is 11.9 Å². The van der Waals surface area contributed by atoms with Gasteiger partial charge in [0.05, 0.1) is 19.3 Å². The zero-order valence-corrected chi connectivity index (χ0v) is 11.8. The molecule has 1 aromatic heterocycles. The molecule has 0 spiro atoms. The first-order valence-corrected chi connectivity index (χ1v) is 6.94. The molecule has 1 aliphatic carbocycles. The van der Waals surface area contributed by atoms with E-state index < -0.39 is 0 Å². The van der Waals surface area contributed by atoms with E-state index >= 15 is 0 Å². The fourth-order valence-electron chi connectivity index (χ4n) is 2.77. The Labute approximate surface area is 114 Å². The first-order chi connectivity index (χ1) is 9.26. The van der Waals surface area contributed by atoms with Gasteiger partial charge in [-0.25, -0.2) is 9.97 Å². The number of hydrogen-bond acceptors (Lipinski definition) is 5. The van der Waals surface area contributed by atoms with Crippen LogP contribution in [0.25, 0.3) is 0 Å². The van der Waals surface area contributed by atoms with Crippen molar-refractivity contribution in [3.8, 4) is 11.8 Å². The van der Waals surface area contributed by atoms with Gasteiger partial charge in [-0.2, -0.15) is 0 Å². The highest BCUT2D eigenvalue weighted by atomic mass is 16.5. The van der Waals surface area contributed by atoms with Crippen LogP contribution in [0.3, 0.4) is 0 Å². The summed E-state index contributed by atoms with van der Waals surface area (Å²) >= 11 is 0. The molecule has 0 amide bonds. The molecule has 0 saturated heterocycles. The third-order valence-corrected chi connectivity index (χ3v) is 3.99. The standard InChI is InChI=1S/C14H23N3O2/c1-10-13(18-2)16-9-17-14(10)19-8-12-6-4-3-5-11(12)7-15/h9,11-12H,3-8,15H2,1-2H3. The predicted octanol–water partition coefficient (Wildman–Crippen LogP) is 1.94. The molecule has 0 aliphatic heterocycles. The molecule has 5 nitrogen and oxygen atoms in total. The molecule has 106 valence electrons. The van der Waals surface area contributed by atoms with E-state index in [1.165, 1.54) is 32.0 Å². The summed E-state index contributed by atoms with van der Waals surface area (Å²) in [5.41, 5.74) is 6.69. The summed E-state index contributed by atoms with van der Waals surface area (Å²) in [6.45, 7) is 3.35. The largest absolute Gasteiger partial charge is 0.481 e. The van der Waals surface area contributed by atoms with Crippen molar-refractivity contribution < 1.29 is 9.47 Å². The number of rotatable bonds is 5. The van der Waals surface area contributed by atoms with Crippen molar-refractivity contribution in [3.63, 3.8) is 0 Å². The van der Waals surface area contributed by atoms with Gasteiger partial charge in [-0.05, 0) is 38.1 Å². The van der Waals surface area contributed by atoms with Gasteiger partial charge in [0.2, 0.25) is 11.8 Å². The van der Waals surface area contributed by atoms with Crippen LogP contribution in [0.2, 0.25) is 0 Å². The van der Waals surface area contributed by atoms with Crippen LogP contribution in [0.1, 0.15) is 31.2 Å². The summed E-state index contributed by atoms with van der Waals surface area (Å²) < 4.78 is 11.0. The number of methoxy groups -OCH3 is 1. The second kappa shape index (κ2) is 6.70. The Morgan fingerprint density at radius 1 is 1.21 bits per heavy atom. The zero-order chi connectivity index (χ0) is 13.7. The molecular weight excluding hydrogens is 242 g/mol. The van der Waals surface area contributed by atoms with E-state index in [9.17, 15) is 0 Å². The van der Waals surface area contributed by atoms with Crippen molar-refractivity contribution in [1.82, 2.24) is 9.97 Å². The maximum absolute atomic E-state index is 5.86. The number of nitrogens with two attached hydrogens (primary N) is 1. The Morgan fingerprint density at radius 2 is 1.89 bits per heavy atom. The molecule has 2 N–H and O–H groups in total. The molecule has 1 aliphatic rings. The van der Waals surface area contributed by atoms with E-state index in [1.807, 2.05) is 6.92 Å². The third kappa shape index (κ3) is 3.35. The molecule has 0 aromatic carbocycles. The van der Waals surface area contributed by atoms with Crippen LogP contribution in [0.15, 0.2) is 6.33 Å². The number of ether oxygens (including phenoxy) is 2. The predicted molar refractivity (Wildman–Crippen MR) is 73.3 cm³/mol. The van der Waals surface area contributed by atoms with Crippen LogP contribution in [0.5, 0.6) is 11.8 Å². The van der Waals surface area contributed by atoms with Gasteiger partial charge in [-0.1, -0.05) is 12.8 Å². The van der Waals surface area contributed by atoms with Crippen molar-refractivity contribution in [2.24, 2.45) is 17.6 Å². The van der Waals surface area contributed by atoms with E-state index in [2.05, 4.69) is 9.97 Å². The molecule has 19 heavy (non-hydrogen) atoms. The Morgan fingerprint density at radius 3 is 2.58 bits per heavy atom. The van der Waals surface area contributed by atoms with Gasteiger partial charge in [0.1, 0.15) is 6.33 Å². The maximum Gasteiger partial charge on any atom is 0.223 e. The molecule has 5 heteroatoms. The highest BCUT2D eigenvalue weighted by molar-refractivity contribution is 5.32. The van der Waals surface area contributed by atoms with Gasteiger partial charge >= 0.3 is 0 Å². The van der Waals surface area contributed by atoms with Crippen LogP contribution in [0.4, 0.5) is 0 Å². The summed E-state index contributed by atoms with van der Waals surface area (Å²) in [4.78, 5) is 8.23. The maximum atomic E-state index is 5.86. The number of nitrogens with zero attached hydrogens (tertiary/aromatic N) is 2. The summed E-state index contributed by atoms with van der Waals surface area (Å²) in [6.07, 6.45) is 6.46. The fraction of sp³-hybridized carbons (Fsp3) is 0.714. The molecule has 1 aromatic rings. The second-order valence-corrected chi connectivity index (χ2v) is 5.16. The van der Waals surface area contributed by atoms with E-state index in [4.69, 9.17) is 15.2 Å². The second-order valence-electron chi connectivity index (χ2n) is 5.16. The van der Waals surface area contributed by atoms with Gasteiger partial charge in [0.25, 0.3) is 0 Å². The van der Waals surface area contributed by atoms with Crippen LogP contribution in [-0.2, 0) is 0 Å². The van der Waals surface area contributed by atoms with Gasteiger partial charge < -0.3 is 15.2 Å². The Balaban J connectivity index is 1.98. The SMILES string of the molecule is COc1ncnc(OCC2CCCCC2CN)c1C. The third-order valence-electron chi connectivity index (χ3n) is 3.99. The highest BCUT2D eigenvalue weighted by Crippen LogP contribution is 2.30. The topological polar surface area (TPSA) is 70.3 Å². The van der Waals surface area contributed by atoms with E-state index in [0.29, 0.717) is 30.2 Å². The van der Waals surface area contributed by atoms with Gasteiger partial charge in [-0.3, -0.25) is 0 Å². The Kier molecular flexibility index (Phi) is 4.96. The summed E-state index contributed by atoms with van der Waals surface area (Å²) in [5.74, 6) is 2.31. The average molecular weight is 265 g/mol. The normalized spacial score (nSPS) is 23.1. The van der Waals surface area contributed by atoms with Gasteiger partial charge in [-0.15, -0.1) is 0 Å². The summed E-state index contributed by atoms with van der Waals surface area (Å²) in [6, 6.07) is 0. The highest BCUT2D eigenvalue weighted by Gasteiger charge is 2.25. The molecular formula is C14H23N3O2. The molecule has 0 radical (unpaired) electrons. The fourth-order valence-corrected chi connectivity index (χ4v) is 2.77. The lowest BCUT2D eigenvalue weighted by atomic mass is 9.80. The zero-order valence-electron chi connectivity index (χ0n) is 11.8. The molecule has 1 fully saturated rings. The first kappa shape index (κ1) is 14.1. The Bertz CT molecular complexity index is 412. The van der Waals surface area contributed by atoms with Crippen LogP contribution < -0.4 is 15.2 Å². The molecule has 1 heterocycles. The minimum atomic E-state index is 0.541. The summed E-state index contributed by atoms with van der Waals surface area (Å²) in [5, 5.41) is 0. The molecule has 2 atom stereocenters. The minimum absolute atomic E-state index is 0.541. The molecule has 2 rings (SSSR count). The quantitative estimate of drug-likeness (QED) is 0.881. The minimum Gasteiger partial charge on any atom is -0.481 e. The average Bonchev–Trinajstić information content (AvgIpc) is 2.46. The monoisotopic (exact) mass is 265 g/mol. The number of aromatic nitrogens is 2. The van der Waals surface area contributed by atoms with Crippen LogP contribution >= 0.6 is 0 Å². The van der Waals surface area contributed by atoms with Crippen molar-refractivity contribution in [1.29, 1.82) is 0 Å². The van der Waals surface area contributed by atoms with Crippen molar-refractivity contribution in [2.45, 2.75) is 32.6 Å². The van der Waals surface area contributed by atoms with Crippen molar-refractivity contribution in [2.75, 3.05) is 20.3 Å². The smallest absolute Gasteiger partial charge is 0.223 e. The van der Waals surface area contributed by atoms with Crippen LogP contribution in [-0.4, -0.2) is 30.2 Å². The van der Waals surface area contributed by atoms with E-state index in [0.717, 1.165) is 12.1 Å². The lowest BCUT2D eigenvalue weighted by molar-refractivity contribution is 0.148.